The summed E-state index contributed by atoms with van der Waals surface area (Å²) in [6.45, 7) is 3.47. The van der Waals surface area contributed by atoms with Gasteiger partial charge in [0, 0.05) is 0 Å². The molecule has 1 N–H and O–H groups in total. The molecule has 1 nitrogen and oxygen atoms in total. The van der Waals surface area contributed by atoms with Crippen LogP contribution in [0.5, 0.6) is 0 Å². The molecule has 0 aromatic rings. The second kappa shape index (κ2) is 1.80. The zero-order valence-corrected chi connectivity index (χ0v) is 6.33. The molecule has 2 heteroatoms. The van der Waals surface area contributed by atoms with Crippen molar-refractivity contribution in [1.29, 1.82) is 0 Å². The molecule has 0 saturated heterocycles. The van der Waals surface area contributed by atoms with Crippen LogP contribution in [0, 0.1) is 0 Å². The van der Waals surface area contributed by atoms with Crippen LogP contribution in [0.3, 0.4) is 0 Å². The molecule has 0 rings (SSSR count). The van der Waals surface area contributed by atoms with Crippen molar-refractivity contribution in [3.05, 3.63) is 11.5 Å². The molecule has 6 heavy (non-hydrogen) atoms. The molecule has 0 aliphatic carbocycles. The first-order valence-electron chi connectivity index (χ1n) is 1.92. The van der Waals surface area contributed by atoms with Gasteiger partial charge in [-0.15, -0.1) is 0 Å². The number of hydrogen-bond donors (Lipinski definition) is 1. The van der Waals surface area contributed by atoms with E-state index in [1.807, 2.05) is 11.5 Å². The summed E-state index contributed by atoms with van der Waals surface area (Å²) >= 11 is -2.28. The van der Waals surface area contributed by atoms with Gasteiger partial charge in [0.05, 0.1) is 0 Å². The minimum absolute atomic E-state index is 1.68. The SMILES string of the molecule is C=[CH][Ge]([CH3])([CH3])[OH]. The summed E-state index contributed by atoms with van der Waals surface area (Å²) in [5, 5.41) is 0. The van der Waals surface area contributed by atoms with Crippen LogP contribution < -0.4 is 0 Å². The van der Waals surface area contributed by atoms with E-state index in [2.05, 4.69) is 6.58 Å². The fraction of sp³-hybridized carbons (Fsp3) is 0.500. The minimum atomic E-state index is -2.28. The van der Waals surface area contributed by atoms with Crippen molar-refractivity contribution in [2.45, 2.75) is 11.5 Å². The van der Waals surface area contributed by atoms with Gasteiger partial charge in [-0.2, -0.15) is 0 Å². The van der Waals surface area contributed by atoms with E-state index in [9.17, 15) is 0 Å². The van der Waals surface area contributed by atoms with E-state index in [1.54, 1.807) is 4.91 Å². The van der Waals surface area contributed by atoms with Gasteiger partial charge < -0.3 is 0 Å². The standard InChI is InChI=1S/C4H10GeO/c1-4-5(2,3)6/h4,6H,1H2,2-3H3. The van der Waals surface area contributed by atoms with Gasteiger partial charge in [-0.1, -0.05) is 0 Å². The Morgan fingerprint density at radius 1 is 1.67 bits per heavy atom. The Morgan fingerprint density at radius 2 is 1.83 bits per heavy atom. The summed E-state index contributed by atoms with van der Waals surface area (Å²) in [7, 11) is 0. The predicted molar refractivity (Wildman–Crippen MR) is 29.9 cm³/mol. The summed E-state index contributed by atoms with van der Waals surface area (Å²) in [6.07, 6.45) is 0. The summed E-state index contributed by atoms with van der Waals surface area (Å²) in [6, 6.07) is 0. The number of rotatable bonds is 1. The Morgan fingerprint density at radius 3 is 1.83 bits per heavy atom. The Bertz CT molecular complexity index is 53.1. The van der Waals surface area contributed by atoms with Crippen molar-refractivity contribution in [1.82, 2.24) is 0 Å². The predicted octanol–water partition coefficient (Wildman–Crippen LogP) is 0.909. The van der Waals surface area contributed by atoms with Crippen molar-refractivity contribution in [2.24, 2.45) is 0 Å². The van der Waals surface area contributed by atoms with Gasteiger partial charge in [-0.05, 0) is 0 Å². The third-order valence-corrected chi connectivity index (χ3v) is 2.60. The Hall–Kier alpha value is 0.243. The summed E-state index contributed by atoms with van der Waals surface area (Å²) in [4.78, 5) is 1.68. The molecule has 0 fully saturated rings. The maximum atomic E-state index is 8.90. The molecule has 0 heterocycles. The van der Waals surface area contributed by atoms with Crippen molar-refractivity contribution in [3.63, 3.8) is 0 Å². The summed E-state index contributed by atoms with van der Waals surface area (Å²) in [5.41, 5.74) is 0. The monoisotopic (exact) mass is 148 g/mol. The molecule has 0 spiro atoms. The fourth-order valence-corrected chi connectivity index (χ4v) is 0. The number of hydrogen-bond acceptors (Lipinski definition) is 1. The maximum absolute atomic E-state index is 8.90. The third-order valence-electron chi connectivity index (χ3n) is 0.500. The molecule has 0 bridgehead atoms. The van der Waals surface area contributed by atoms with E-state index in [4.69, 9.17) is 4.13 Å². The van der Waals surface area contributed by atoms with Gasteiger partial charge in [-0.3, -0.25) is 0 Å². The Kier molecular flexibility index (Phi) is 1.87. The molecule has 0 atom stereocenters. The Balaban J connectivity index is 3.45. The van der Waals surface area contributed by atoms with Crippen LogP contribution in [0.2, 0.25) is 11.5 Å². The van der Waals surface area contributed by atoms with E-state index >= 15 is 0 Å². The van der Waals surface area contributed by atoms with Gasteiger partial charge in [0.15, 0.2) is 0 Å². The zero-order chi connectivity index (χ0) is 5.21. The van der Waals surface area contributed by atoms with E-state index in [0.717, 1.165) is 0 Å². The first-order chi connectivity index (χ1) is 2.56. The molecule has 0 aromatic carbocycles. The quantitative estimate of drug-likeness (QED) is 0.546. The van der Waals surface area contributed by atoms with Gasteiger partial charge in [0.2, 0.25) is 0 Å². The first kappa shape index (κ1) is 6.24. The van der Waals surface area contributed by atoms with E-state index in [1.165, 1.54) is 0 Å². The first-order valence-corrected chi connectivity index (χ1v) is 8.27. The average molecular weight is 147 g/mol. The van der Waals surface area contributed by atoms with Crippen LogP contribution in [0.15, 0.2) is 11.5 Å². The van der Waals surface area contributed by atoms with Crippen LogP contribution in [0.4, 0.5) is 0 Å². The average Bonchev–Trinajstić information content (AvgIpc) is 1.35. The normalized spacial score (nSPS) is 11.2. The van der Waals surface area contributed by atoms with Gasteiger partial charge in [0.25, 0.3) is 0 Å². The summed E-state index contributed by atoms with van der Waals surface area (Å²) < 4.78 is 8.90. The van der Waals surface area contributed by atoms with Crippen molar-refractivity contribution in [3.8, 4) is 0 Å². The fourth-order valence-electron chi connectivity index (χ4n) is 0. The molecular formula is C4H10GeO. The van der Waals surface area contributed by atoms with Crippen molar-refractivity contribution < 1.29 is 4.13 Å². The van der Waals surface area contributed by atoms with Crippen LogP contribution in [-0.2, 0) is 0 Å². The van der Waals surface area contributed by atoms with Crippen LogP contribution in [-0.4, -0.2) is 17.7 Å². The zero-order valence-electron chi connectivity index (χ0n) is 4.23. The molecule has 0 saturated carbocycles. The molecule has 0 aliphatic rings. The Labute approximate surface area is 41.4 Å². The molecule has 0 aromatic heterocycles. The van der Waals surface area contributed by atoms with Gasteiger partial charge in [0.1, 0.15) is 0 Å². The molecule has 0 unspecified atom stereocenters. The topological polar surface area (TPSA) is 20.2 Å². The van der Waals surface area contributed by atoms with Crippen molar-refractivity contribution >= 4 is 13.6 Å². The van der Waals surface area contributed by atoms with E-state index in [-0.39, 0.29) is 0 Å². The molecule has 0 amide bonds. The molecule has 0 radical (unpaired) electrons. The summed E-state index contributed by atoms with van der Waals surface area (Å²) in [5.74, 6) is 3.74. The van der Waals surface area contributed by atoms with Crippen molar-refractivity contribution in [2.75, 3.05) is 0 Å². The van der Waals surface area contributed by atoms with Gasteiger partial charge >= 0.3 is 40.7 Å². The van der Waals surface area contributed by atoms with Gasteiger partial charge in [-0.25, -0.2) is 0 Å². The van der Waals surface area contributed by atoms with Crippen LogP contribution in [0.25, 0.3) is 0 Å². The third kappa shape index (κ3) is 4.24. The van der Waals surface area contributed by atoms with E-state index < -0.39 is 13.6 Å². The molecular weight excluding hydrogens is 137 g/mol. The second-order valence-electron chi connectivity index (χ2n) is 1.86. The van der Waals surface area contributed by atoms with Crippen LogP contribution >= 0.6 is 0 Å². The molecule has 36 valence electrons. The second-order valence-corrected chi connectivity index (χ2v) is 9.65. The molecule has 0 aliphatic heterocycles. The van der Waals surface area contributed by atoms with Crippen LogP contribution in [0.1, 0.15) is 0 Å². The van der Waals surface area contributed by atoms with E-state index in [0.29, 0.717) is 0 Å².